The van der Waals surface area contributed by atoms with Gasteiger partial charge in [0.2, 0.25) is 15.9 Å². The second kappa shape index (κ2) is 10.8. The number of benzene rings is 2. The molecule has 35 heavy (non-hydrogen) atoms. The van der Waals surface area contributed by atoms with Crippen LogP contribution in [0.1, 0.15) is 18.1 Å². The number of rotatable bonds is 10. The van der Waals surface area contributed by atoms with E-state index in [9.17, 15) is 39.2 Å². The Kier molecular flexibility index (Phi) is 8.80. The van der Waals surface area contributed by atoms with Crippen LogP contribution in [0.25, 0.3) is 12.2 Å². The number of anilines is 2. The minimum atomic E-state index is -4.81. The number of hydrogen-bond acceptors (Lipinski definition) is 8. The Hall–Kier alpha value is -2.82. The van der Waals surface area contributed by atoms with Crippen molar-refractivity contribution in [2.45, 2.75) is 16.7 Å². The van der Waals surface area contributed by atoms with Crippen molar-refractivity contribution in [3.63, 3.8) is 0 Å². The monoisotopic (exact) mass is 548 g/mol. The Morgan fingerprint density at radius 2 is 1.46 bits per heavy atom. The van der Waals surface area contributed by atoms with Gasteiger partial charge in [-0.25, -0.2) is 8.42 Å². The molecule has 0 unspecified atom stereocenters. The molecule has 0 aliphatic heterocycles. The topological polar surface area (TPSA) is 184 Å². The molecule has 12 nitrogen and oxygen atoms in total. The minimum Gasteiger partial charge on any atom is -0.375 e. The fourth-order valence-electron chi connectivity index (χ4n) is 2.92. The van der Waals surface area contributed by atoms with Gasteiger partial charge in [0.1, 0.15) is 16.4 Å². The van der Waals surface area contributed by atoms with Crippen molar-refractivity contribution in [1.29, 1.82) is 0 Å². The minimum absolute atomic E-state index is 0.0218. The lowest BCUT2D eigenvalue weighted by Crippen LogP contribution is -2.28. The van der Waals surface area contributed by atoms with E-state index in [1.165, 1.54) is 51.4 Å². The van der Waals surface area contributed by atoms with Gasteiger partial charge in [0, 0.05) is 19.8 Å². The third kappa shape index (κ3) is 7.33. The van der Waals surface area contributed by atoms with E-state index < -0.39 is 46.0 Å². The number of nitrogens with zero attached hydrogens (tertiary/aromatic N) is 1. The maximum absolute atomic E-state index is 12.1. The van der Waals surface area contributed by atoms with Gasteiger partial charge in [-0.3, -0.25) is 18.2 Å². The first-order valence-electron chi connectivity index (χ1n) is 9.76. The van der Waals surface area contributed by atoms with Crippen LogP contribution in [0.2, 0.25) is 0 Å². The molecule has 0 saturated carbocycles. The van der Waals surface area contributed by atoms with Crippen LogP contribution >= 0.6 is 0 Å². The van der Waals surface area contributed by atoms with Crippen LogP contribution in [0, 0.1) is 0 Å². The molecule has 2 aromatic rings. The number of hydrogen-bond donors (Lipinski definition) is 3. The van der Waals surface area contributed by atoms with Crippen LogP contribution in [-0.4, -0.2) is 66.8 Å². The highest BCUT2D eigenvalue weighted by Crippen LogP contribution is 2.28. The molecule has 0 fully saturated rings. The normalized spacial score (nSPS) is 12.6. The SMILES string of the molecule is CCS(=O)(=O)N(C)c1ccc(/C=C/c2ccc(NC(=O)COC)cc2S(=O)(=O)O)c(S(=O)(=O)O)c1. The number of amides is 1. The predicted molar refractivity (Wildman–Crippen MR) is 130 cm³/mol. The summed E-state index contributed by atoms with van der Waals surface area (Å²) in [5.41, 5.74) is -0.114. The van der Waals surface area contributed by atoms with E-state index in [-0.39, 0.29) is 34.9 Å². The van der Waals surface area contributed by atoms with Gasteiger partial charge in [0.05, 0.1) is 11.4 Å². The molecule has 192 valence electrons. The summed E-state index contributed by atoms with van der Waals surface area (Å²) >= 11 is 0. The van der Waals surface area contributed by atoms with Crippen LogP contribution in [0.4, 0.5) is 11.4 Å². The number of carbonyl (C=O) groups excluding carboxylic acids is 1. The summed E-state index contributed by atoms with van der Waals surface area (Å²) in [6.07, 6.45) is 2.33. The summed E-state index contributed by atoms with van der Waals surface area (Å²) < 4.78 is 96.7. The Bertz CT molecular complexity index is 1460. The third-order valence-electron chi connectivity index (χ3n) is 4.71. The molecule has 0 aromatic heterocycles. The van der Waals surface area contributed by atoms with Gasteiger partial charge in [-0.2, -0.15) is 16.8 Å². The van der Waals surface area contributed by atoms with E-state index in [0.717, 1.165) is 22.5 Å². The van der Waals surface area contributed by atoms with Crippen molar-refractivity contribution in [2.75, 3.05) is 36.1 Å². The van der Waals surface area contributed by atoms with Gasteiger partial charge >= 0.3 is 0 Å². The Morgan fingerprint density at radius 1 is 0.943 bits per heavy atom. The van der Waals surface area contributed by atoms with Crippen molar-refractivity contribution in [1.82, 2.24) is 0 Å². The molecule has 0 bridgehead atoms. The molecular formula is C20H24N2O10S3. The van der Waals surface area contributed by atoms with E-state index in [4.69, 9.17) is 0 Å². The number of carbonyl (C=O) groups is 1. The first kappa shape index (κ1) is 28.4. The highest BCUT2D eigenvalue weighted by Gasteiger charge is 2.21. The number of ether oxygens (including phenoxy) is 1. The van der Waals surface area contributed by atoms with Crippen molar-refractivity contribution < 1.29 is 43.9 Å². The third-order valence-corrected chi connectivity index (χ3v) is 8.31. The molecule has 0 radical (unpaired) electrons. The zero-order valence-electron chi connectivity index (χ0n) is 18.9. The van der Waals surface area contributed by atoms with Crippen LogP contribution in [0.5, 0.6) is 0 Å². The molecular weight excluding hydrogens is 524 g/mol. The summed E-state index contributed by atoms with van der Waals surface area (Å²) in [7, 11) is -10.8. The lowest BCUT2D eigenvalue weighted by molar-refractivity contribution is -0.119. The standard InChI is InChI=1S/C20H24N2O10S3/c1-4-33(24,25)22(2)17-10-8-15(19(12-17)35(29,30)31)6-5-14-7-9-16(21-20(23)13-32-3)11-18(14)34(26,27)28/h5-12H,4,13H2,1-3H3,(H,21,23)(H,26,27,28)(H,29,30,31)/b6-5+. The van der Waals surface area contributed by atoms with E-state index in [0.29, 0.717) is 0 Å². The number of sulfonamides is 1. The second-order valence-electron chi connectivity index (χ2n) is 7.11. The van der Waals surface area contributed by atoms with Gasteiger partial charge in [0.15, 0.2) is 0 Å². The molecule has 0 spiro atoms. The summed E-state index contributed by atoms with van der Waals surface area (Å²) in [6, 6.07) is 7.09. The van der Waals surface area contributed by atoms with Crippen LogP contribution in [0.15, 0.2) is 46.2 Å². The number of methoxy groups -OCH3 is 1. The molecule has 0 aliphatic rings. The van der Waals surface area contributed by atoms with Crippen LogP contribution in [-0.2, 0) is 39.8 Å². The maximum Gasteiger partial charge on any atom is 0.295 e. The van der Waals surface area contributed by atoms with E-state index in [2.05, 4.69) is 10.1 Å². The smallest absolute Gasteiger partial charge is 0.295 e. The van der Waals surface area contributed by atoms with Gasteiger partial charge < -0.3 is 10.1 Å². The number of nitrogens with one attached hydrogen (secondary N) is 1. The largest absolute Gasteiger partial charge is 0.375 e. The first-order valence-corrected chi connectivity index (χ1v) is 14.3. The second-order valence-corrected chi connectivity index (χ2v) is 12.2. The summed E-state index contributed by atoms with van der Waals surface area (Å²) in [6.45, 7) is 1.12. The van der Waals surface area contributed by atoms with Gasteiger partial charge in [0.25, 0.3) is 20.2 Å². The average Bonchev–Trinajstić information content (AvgIpc) is 2.76. The lowest BCUT2D eigenvalue weighted by atomic mass is 10.1. The molecule has 0 heterocycles. The lowest BCUT2D eigenvalue weighted by Gasteiger charge is -2.19. The molecule has 3 N–H and O–H groups in total. The van der Waals surface area contributed by atoms with Crippen molar-refractivity contribution >= 4 is 59.7 Å². The van der Waals surface area contributed by atoms with Gasteiger partial charge in [-0.1, -0.05) is 24.3 Å². The molecule has 2 aromatic carbocycles. The van der Waals surface area contributed by atoms with Crippen molar-refractivity contribution in [2.24, 2.45) is 0 Å². The molecule has 0 saturated heterocycles. The fourth-order valence-corrected chi connectivity index (χ4v) is 5.15. The summed E-state index contributed by atoms with van der Waals surface area (Å²) in [5.74, 6) is -0.808. The first-order chi connectivity index (χ1) is 16.1. The predicted octanol–water partition coefficient (Wildman–Crippen LogP) is 1.72. The highest BCUT2D eigenvalue weighted by atomic mass is 32.2. The Balaban J connectivity index is 2.56. The average molecular weight is 549 g/mol. The quantitative estimate of drug-likeness (QED) is 0.292. The Labute approximate surface area is 203 Å². The van der Waals surface area contributed by atoms with Crippen LogP contribution in [0.3, 0.4) is 0 Å². The van der Waals surface area contributed by atoms with E-state index >= 15 is 0 Å². The zero-order chi connectivity index (χ0) is 26.6. The molecule has 15 heteroatoms. The van der Waals surface area contributed by atoms with Crippen LogP contribution < -0.4 is 9.62 Å². The fraction of sp³-hybridized carbons (Fsp3) is 0.250. The molecule has 1 amide bonds. The zero-order valence-corrected chi connectivity index (χ0v) is 21.3. The van der Waals surface area contributed by atoms with Gasteiger partial charge in [-0.05, 0) is 42.3 Å². The molecule has 2 rings (SSSR count). The maximum atomic E-state index is 12.1. The highest BCUT2D eigenvalue weighted by molar-refractivity contribution is 7.92. The van der Waals surface area contributed by atoms with Gasteiger partial charge in [-0.15, -0.1) is 0 Å². The summed E-state index contributed by atoms with van der Waals surface area (Å²) in [4.78, 5) is 10.5. The van der Waals surface area contributed by atoms with E-state index in [1.807, 2.05) is 0 Å². The van der Waals surface area contributed by atoms with Crippen molar-refractivity contribution in [3.05, 3.63) is 47.5 Å². The summed E-state index contributed by atoms with van der Waals surface area (Å²) in [5, 5.41) is 2.39. The molecule has 0 atom stereocenters. The van der Waals surface area contributed by atoms with Crippen molar-refractivity contribution in [3.8, 4) is 0 Å². The molecule has 0 aliphatic carbocycles. The Morgan fingerprint density at radius 3 is 1.94 bits per heavy atom. The van der Waals surface area contributed by atoms with E-state index in [1.54, 1.807) is 0 Å².